The van der Waals surface area contributed by atoms with E-state index in [0.717, 1.165) is 10.5 Å². The predicted molar refractivity (Wildman–Crippen MR) is 62.2 cm³/mol. The minimum atomic E-state index is -1.12. The number of benzene rings is 1. The highest BCUT2D eigenvalue weighted by molar-refractivity contribution is 7.98. The third-order valence-electron chi connectivity index (χ3n) is 2.32. The fourth-order valence-corrected chi connectivity index (χ4v) is 2.04. The third kappa shape index (κ3) is 2.96. The van der Waals surface area contributed by atoms with Crippen molar-refractivity contribution in [1.82, 2.24) is 0 Å². The second-order valence-corrected chi connectivity index (χ2v) is 4.41. The van der Waals surface area contributed by atoms with Gasteiger partial charge in [-0.05, 0) is 36.4 Å². The smallest absolute Gasteiger partial charge is 0.320 e. The van der Waals surface area contributed by atoms with Crippen LogP contribution in [0.2, 0.25) is 0 Å². The van der Waals surface area contributed by atoms with Crippen LogP contribution in [-0.4, -0.2) is 23.4 Å². The van der Waals surface area contributed by atoms with Gasteiger partial charge in [-0.25, -0.2) is 4.39 Å². The number of hydrogen-bond donors (Lipinski definition) is 2. The van der Waals surface area contributed by atoms with Crippen LogP contribution in [0, 0.1) is 12.7 Å². The minimum Gasteiger partial charge on any atom is -0.480 e. The second kappa shape index (κ2) is 5.32. The molecule has 0 bridgehead atoms. The second-order valence-electron chi connectivity index (χ2n) is 3.56. The summed E-state index contributed by atoms with van der Waals surface area (Å²) in [6.07, 6.45) is 1.90. The molecule has 3 N–H and O–H groups in total. The highest BCUT2D eigenvalue weighted by atomic mass is 32.2. The monoisotopic (exact) mass is 243 g/mol. The highest BCUT2D eigenvalue weighted by Crippen LogP contribution is 2.24. The molecule has 1 rings (SSSR count). The van der Waals surface area contributed by atoms with Crippen LogP contribution in [0.4, 0.5) is 4.39 Å². The van der Waals surface area contributed by atoms with Gasteiger partial charge in [0.15, 0.2) is 0 Å². The lowest BCUT2D eigenvalue weighted by Crippen LogP contribution is -2.32. The quantitative estimate of drug-likeness (QED) is 0.792. The van der Waals surface area contributed by atoms with Gasteiger partial charge in [-0.3, -0.25) is 4.79 Å². The van der Waals surface area contributed by atoms with Gasteiger partial charge in [0.1, 0.15) is 11.9 Å². The molecule has 1 aromatic carbocycles. The standard InChI is InChI=1S/C11H14FNO2S/c1-6-3-8(12)7(5-10(6)16-2)4-9(13)11(14)15/h3,5,9H,4,13H2,1-2H3,(H,14,15). The Morgan fingerprint density at radius 2 is 2.25 bits per heavy atom. The minimum absolute atomic E-state index is 0.00894. The zero-order valence-electron chi connectivity index (χ0n) is 9.16. The van der Waals surface area contributed by atoms with Gasteiger partial charge in [-0.1, -0.05) is 0 Å². The molecule has 0 radical (unpaired) electrons. The van der Waals surface area contributed by atoms with Crippen molar-refractivity contribution in [3.05, 3.63) is 29.1 Å². The number of rotatable bonds is 4. The largest absolute Gasteiger partial charge is 0.480 e. The molecule has 5 heteroatoms. The van der Waals surface area contributed by atoms with Crippen LogP contribution in [-0.2, 0) is 11.2 Å². The predicted octanol–water partition coefficient (Wildman–Crippen LogP) is 1.81. The topological polar surface area (TPSA) is 63.3 Å². The number of carboxylic acid groups (broad SMARTS) is 1. The molecule has 0 fully saturated rings. The van der Waals surface area contributed by atoms with E-state index in [4.69, 9.17) is 10.8 Å². The SMILES string of the molecule is CSc1cc(CC(N)C(=O)O)c(F)cc1C. The molecule has 0 saturated carbocycles. The van der Waals surface area contributed by atoms with Crippen LogP contribution in [0.15, 0.2) is 17.0 Å². The number of carboxylic acids is 1. The average molecular weight is 243 g/mol. The number of halogens is 1. The molecule has 16 heavy (non-hydrogen) atoms. The molecule has 0 heterocycles. The normalized spacial score (nSPS) is 12.5. The van der Waals surface area contributed by atoms with E-state index in [1.165, 1.54) is 17.8 Å². The first-order chi connectivity index (χ1) is 7.45. The van der Waals surface area contributed by atoms with E-state index in [1.54, 1.807) is 6.07 Å². The molecular formula is C11H14FNO2S. The Labute approximate surface area is 97.8 Å². The summed E-state index contributed by atoms with van der Waals surface area (Å²) in [4.78, 5) is 11.5. The van der Waals surface area contributed by atoms with Crippen LogP contribution in [0.5, 0.6) is 0 Å². The van der Waals surface area contributed by atoms with Crippen molar-refractivity contribution in [3.8, 4) is 0 Å². The first-order valence-electron chi connectivity index (χ1n) is 4.77. The van der Waals surface area contributed by atoms with E-state index in [1.807, 2.05) is 13.2 Å². The Morgan fingerprint density at radius 1 is 1.62 bits per heavy atom. The summed E-state index contributed by atoms with van der Waals surface area (Å²) in [5, 5.41) is 8.66. The van der Waals surface area contributed by atoms with Crippen molar-refractivity contribution in [2.45, 2.75) is 24.3 Å². The lowest BCUT2D eigenvalue weighted by molar-refractivity contribution is -0.138. The summed E-state index contributed by atoms with van der Waals surface area (Å²) in [5.41, 5.74) is 6.57. The molecule has 0 aliphatic heterocycles. The Kier molecular flexibility index (Phi) is 4.32. The van der Waals surface area contributed by atoms with Crippen LogP contribution in [0.1, 0.15) is 11.1 Å². The average Bonchev–Trinajstić information content (AvgIpc) is 2.21. The molecule has 0 amide bonds. The molecule has 88 valence electrons. The van der Waals surface area contributed by atoms with Gasteiger partial charge in [0, 0.05) is 11.3 Å². The zero-order chi connectivity index (χ0) is 12.3. The van der Waals surface area contributed by atoms with Gasteiger partial charge in [-0.15, -0.1) is 11.8 Å². The van der Waals surface area contributed by atoms with Gasteiger partial charge in [0.2, 0.25) is 0 Å². The van der Waals surface area contributed by atoms with Gasteiger partial charge in [0.25, 0.3) is 0 Å². The first-order valence-corrected chi connectivity index (χ1v) is 5.99. The molecule has 0 spiro atoms. The number of hydrogen-bond acceptors (Lipinski definition) is 3. The van der Waals surface area contributed by atoms with Crippen molar-refractivity contribution < 1.29 is 14.3 Å². The summed E-state index contributed by atoms with van der Waals surface area (Å²) < 4.78 is 13.5. The molecule has 1 atom stereocenters. The summed E-state index contributed by atoms with van der Waals surface area (Å²) in [6.45, 7) is 1.82. The first kappa shape index (κ1) is 13.0. The lowest BCUT2D eigenvalue weighted by Gasteiger charge is -2.10. The van der Waals surface area contributed by atoms with E-state index in [2.05, 4.69) is 0 Å². The van der Waals surface area contributed by atoms with Crippen LogP contribution < -0.4 is 5.73 Å². The molecule has 0 aliphatic carbocycles. The summed E-state index contributed by atoms with van der Waals surface area (Å²) in [6, 6.07) is 2.01. The van der Waals surface area contributed by atoms with Crippen molar-refractivity contribution >= 4 is 17.7 Å². The van der Waals surface area contributed by atoms with Crippen molar-refractivity contribution in [2.75, 3.05) is 6.26 Å². The third-order valence-corrected chi connectivity index (χ3v) is 3.20. The van der Waals surface area contributed by atoms with E-state index in [0.29, 0.717) is 5.56 Å². The number of carbonyl (C=O) groups is 1. The molecule has 0 aromatic heterocycles. The number of aryl methyl sites for hydroxylation is 1. The van der Waals surface area contributed by atoms with Gasteiger partial charge in [-0.2, -0.15) is 0 Å². The molecule has 3 nitrogen and oxygen atoms in total. The summed E-state index contributed by atoms with van der Waals surface area (Å²) in [5.74, 6) is -1.52. The lowest BCUT2D eigenvalue weighted by atomic mass is 10.0. The number of aliphatic carboxylic acids is 1. The van der Waals surface area contributed by atoms with E-state index < -0.39 is 17.8 Å². The molecule has 0 aliphatic rings. The van der Waals surface area contributed by atoms with E-state index in [9.17, 15) is 9.18 Å². The fraction of sp³-hybridized carbons (Fsp3) is 0.364. The van der Waals surface area contributed by atoms with Crippen LogP contribution in [0.3, 0.4) is 0 Å². The van der Waals surface area contributed by atoms with Gasteiger partial charge < -0.3 is 10.8 Å². The molecule has 1 aromatic rings. The van der Waals surface area contributed by atoms with E-state index in [-0.39, 0.29) is 6.42 Å². The molecule has 0 saturated heterocycles. The Hall–Kier alpha value is -1.07. The maximum Gasteiger partial charge on any atom is 0.320 e. The van der Waals surface area contributed by atoms with Gasteiger partial charge in [0.05, 0.1) is 0 Å². The van der Waals surface area contributed by atoms with Crippen LogP contribution in [0.25, 0.3) is 0 Å². The van der Waals surface area contributed by atoms with E-state index >= 15 is 0 Å². The van der Waals surface area contributed by atoms with Crippen molar-refractivity contribution in [1.29, 1.82) is 0 Å². The maximum absolute atomic E-state index is 13.5. The Morgan fingerprint density at radius 3 is 2.75 bits per heavy atom. The Bertz CT molecular complexity index is 409. The number of nitrogens with two attached hydrogens (primary N) is 1. The van der Waals surface area contributed by atoms with Gasteiger partial charge >= 0.3 is 5.97 Å². The molecule has 1 unspecified atom stereocenters. The summed E-state index contributed by atoms with van der Waals surface area (Å²) >= 11 is 1.50. The Balaban J connectivity index is 3.00. The highest BCUT2D eigenvalue weighted by Gasteiger charge is 2.15. The zero-order valence-corrected chi connectivity index (χ0v) is 9.97. The summed E-state index contributed by atoms with van der Waals surface area (Å²) in [7, 11) is 0. The number of thioether (sulfide) groups is 1. The fourth-order valence-electron chi connectivity index (χ4n) is 1.40. The van der Waals surface area contributed by atoms with Crippen LogP contribution >= 0.6 is 11.8 Å². The van der Waals surface area contributed by atoms with Crippen molar-refractivity contribution in [3.63, 3.8) is 0 Å². The van der Waals surface area contributed by atoms with Crippen molar-refractivity contribution in [2.24, 2.45) is 5.73 Å². The molecular weight excluding hydrogens is 229 g/mol. The maximum atomic E-state index is 13.5.